The van der Waals surface area contributed by atoms with E-state index in [0.717, 1.165) is 32.6 Å². The van der Waals surface area contributed by atoms with Crippen LogP contribution in [0.4, 0.5) is 0 Å². The van der Waals surface area contributed by atoms with Crippen molar-refractivity contribution in [1.82, 2.24) is 10.2 Å². The molecule has 20 heavy (non-hydrogen) atoms. The molecule has 0 aromatic heterocycles. The fraction of sp³-hybridized carbons (Fsp3) is 0.562. The van der Waals surface area contributed by atoms with Crippen LogP contribution in [0.5, 0.6) is 0 Å². The second-order valence-electron chi connectivity index (χ2n) is 5.79. The van der Waals surface area contributed by atoms with Gasteiger partial charge in [0.05, 0.1) is 12.5 Å². The third-order valence-corrected chi connectivity index (χ3v) is 4.48. The van der Waals surface area contributed by atoms with Crippen LogP contribution in [0.3, 0.4) is 0 Å². The molecular formula is C16H22N2O2. The Kier molecular flexibility index (Phi) is 3.76. The number of nitrogens with zero attached hydrogens (tertiary/aromatic N) is 1. The Morgan fingerprint density at radius 1 is 1.45 bits per heavy atom. The zero-order chi connectivity index (χ0) is 14.0. The third kappa shape index (κ3) is 2.45. The van der Waals surface area contributed by atoms with Crippen LogP contribution in [0, 0.1) is 5.92 Å². The summed E-state index contributed by atoms with van der Waals surface area (Å²) in [6.07, 6.45) is 1.07. The highest BCUT2D eigenvalue weighted by Gasteiger charge is 2.53. The lowest BCUT2D eigenvalue weighted by molar-refractivity contribution is -0.150. The predicted molar refractivity (Wildman–Crippen MR) is 77.2 cm³/mol. The summed E-state index contributed by atoms with van der Waals surface area (Å²) in [7, 11) is 0. The fourth-order valence-corrected chi connectivity index (χ4v) is 3.39. The van der Waals surface area contributed by atoms with E-state index in [0.29, 0.717) is 6.61 Å². The summed E-state index contributed by atoms with van der Waals surface area (Å²) in [6, 6.07) is 10.4. The molecule has 2 atom stereocenters. The van der Waals surface area contributed by atoms with Crippen LogP contribution in [-0.4, -0.2) is 42.6 Å². The van der Waals surface area contributed by atoms with Crippen molar-refractivity contribution in [2.24, 2.45) is 5.92 Å². The monoisotopic (exact) mass is 274 g/mol. The molecule has 1 aromatic carbocycles. The number of rotatable bonds is 4. The van der Waals surface area contributed by atoms with Crippen LogP contribution in [0.1, 0.15) is 18.9 Å². The molecule has 2 aliphatic heterocycles. The van der Waals surface area contributed by atoms with Crippen LogP contribution < -0.4 is 5.32 Å². The van der Waals surface area contributed by atoms with E-state index in [-0.39, 0.29) is 17.4 Å². The summed E-state index contributed by atoms with van der Waals surface area (Å²) < 4.78 is 5.25. The highest BCUT2D eigenvalue weighted by Crippen LogP contribution is 2.37. The van der Waals surface area contributed by atoms with Crippen LogP contribution >= 0.6 is 0 Å². The van der Waals surface area contributed by atoms with E-state index in [1.54, 1.807) is 0 Å². The molecule has 2 fully saturated rings. The maximum atomic E-state index is 12.2. The lowest BCUT2D eigenvalue weighted by Crippen LogP contribution is -2.63. The Labute approximate surface area is 120 Å². The molecule has 0 radical (unpaired) electrons. The van der Waals surface area contributed by atoms with Crippen molar-refractivity contribution >= 4 is 5.97 Å². The van der Waals surface area contributed by atoms with Gasteiger partial charge in [-0.05, 0) is 25.5 Å². The van der Waals surface area contributed by atoms with Gasteiger partial charge in [0.2, 0.25) is 0 Å². The SMILES string of the molecule is CCOC(=O)[C@@H]1CN(Cc2ccccc2)C[C@]12CCN2. The average molecular weight is 274 g/mol. The van der Waals surface area contributed by atoms with Crippen molar-refractivity contribution in [2.75, 3.05) is 26.2 Å². The minimum atomic E-state index is -0.0461. The summed E-state index contributed by atoms with van der Waals surface area (Å²) in [5.74, 6) is -0.0739. The standard InChI is InChI=1S/C16H22N2O2/c1-2-20-15(19)14-11-18(12-16(14)8-9-17-16)10-13-6-4-3-5-7-13/h3-7,14,17H,2,8-12H2,1H3/t14-,16+/m0/s1. The molecule has 0 amide bonds. The van der Waals surface area contributed by atoms with Gasteiger partial charge in [0, 0.05) is 25.2 Å². The van der Waals surface area contributed by atoms with Gasteiger partial charge in [-0.1, -0.05) is 30.3 Å². The molecule has 2 aliphatic rings. The van der Waals surface area contributed by atoms with Crippen molar-refractivity contribution in [2.45, 2.75) is 25.4 Å². The molecule has 0 bridgehead atoms. The van der Waals surface area contributed by atoms with Crippen molar-refractivity contribution in [1.29, 1.82) is 0 Å². The van der Waals surface area contributed by atoms with E-state index >= 15 is 0 Å². The summed E-state index contributed by atoms with van der Waals surface area (Å²) in [5, 5.41) is 3.48. The molecule has 0 saturated carbocycles. The van der Waals surface area contributed by atoms with E-state index in [1.165, 1.54) is 5.56 Å². The molecule has 0 unspecified atom stereocenters. The number of hydrogen-bond acceptors (Lipinski definition) is 4. The molecule has 4 nitrogen and oxygen atoms in total. The molecule has 3 rings (SSSR count). The lowest BCUT2D eigenvalue weighted by atomic mass is 9.78. The van der Waals surface area contributed by atoms with E-state index in [1.807, 2.05) is 13.0 Å². The van der Waals surface area contributed by atoms with Crippen molar-refractivity contribution < 1.29 is 9.53 Å². The van der Waals surface area contributed by atoms with Gasteiger partial charge in [-0.3, -0.25) is 9.69 Å². The number of carbonyl (C=O) groups excluding carboxylic acids is 1. The zero-order valence-corrected chi connectivity index (χ0v) is 12.0. The first-order chi connectivity index (χ1) is 9.73. The van der Waals surface area contributed by atoms with Crippen molar-refractivity contribution in [3.05, 3.63) is 35.9 Å². The second-order valence-corrected chi connectivity index (χ2v) is 5.79. The van der Waals surface area contributed by atoms with Gasteiger partial charge in [0.15, 0.2) is 0 Å². The smallest absolute Gasteiger partial charge is 0.312 e. The molecule has 1 spiro atoms. The summed E-state index contributed by atoms with van der Waals surface area (Å²) in [4.78, 5) is 14.5. The van der Waals surface area contributed by atoms with Crippen LogP contribution in [-0.2, 0) is 16.1 Å². The molecule has 4 heteroatoms. The number of esters is 1. The highest BCUT2D eigenvalue weighted by atomic mass is 16.5. The number of nitrogens with one attached hydrogen (secondary N) is 1. The van der Waals surface area contributed by atoms with Gasteiger partial charge >= 0.3 is 5.97 Å². The van der Waals surface area contributed by atoms with Gasteiger partial charge in [-0.25, -0.2) is 0 Å². The van der Waals surface area contributed by atoms with Crippen molar-refractivity contribution in [3.63, 3.8) is 0 Å². The molecule has 1 aromatic rings. The second kappa shape index (κ2) is 5.54. The summed E-state index contributed by atoms with van der Waals surface area (Å²) in [6.45, 7) is 5.97. The van der Waals surface area contributed by atoms with E-state index in [4.69, 9.17) is 4.74 Å². The Bertz CT molecular complexity index is 471. The van der Waals surface area contributed by atoms with Gasteiger partial charge in [-0.15, -0.1) is 0 Å². The quantitative estimate of drug-likeness (QED) is 0.843. The molecule has 108 valence electrons. The number of benzene rings is 1. The molecule has 0 aliphatic carbocycles. The van der Waals surface area contributed by atoms with Gasteiger partial charge in [0.1, 0.15) is 0 Å². The number of carbonyl (C=O) groups is 1. The van der Waals surface area contributed by atoms with Gasteiger partial charge in [-0.2, -0.15) is 0 Å². The molecule has 2 saturated heterocycles. The van der Waals surface area contributed by atoms with Gasteiger partial charge in [0.25, 0.3) is 0 Å². The van der Waals surface area contributed by atoms with Crippen molar-refractivity contribution in [3.8, 4) is 0 Å². The Balaban J connectivity index is 1.69. The molecule has 2 heterocycles. The van der Waals surface area contributed by atoms with Crippen LogP contribution in [0.2, 0.25) is 0 Å². The maximum Gasteiger partial charge on any atom is 0.312 e. The van der Waals surface area contributed by atoms with E-state index < -0.39 is 0 Å². The third-order valence-electron chi connectivity index (χ3n) is 4.48. The van der Waals surface area contributed by atoms with Gasteiger partial charge < -0.3 is 10.1 Å². The minimum Gasteiger partial charge on any atom is -0.466 e. The summed E-state index contributed by atoms with van der Waals surface area (Å²) in [5.41, 5.74) is 1.26. The first kappa shape index (κ1) is 13.6. The van der Waals surface area contributed by atoms with Crippen LogP contribution in [0.15, 0.2) is 30.3 Å². The lowest BCUT2D eigenvalue weighted by Gasteiger charge is -2.43. The average Bonchev–Trinajstić information content (AvgIpc) is 2.80. The van der Waals surface area contributed by atoms with E-state index in [2.05, 4.69) is 34.5 Å². The van der Waals surface area contributed by atoms with E-state index in [9.17, 15) is 4.79 Å². The fourth-order valence-electron chi connectivity index (χ4n) is 3.39. The zero-order valence-electron chi connectivity index (χ0n) is 12.0. The Hall–Kier alpha value is -1.39. The minimum absolute atomic E-state index is 0.0279. The Morgan fingerprint density at radius 2 is 2.20 bits per heavy atom. The first-order valence-corrected chi connectivity index (χ1v) is 7.41. The van der Waals surface area contributed by atoms with Crippen LogP contribution in [0.25, 0.3) is 0 Å². The maximum absolute atomic E-state index is 12.2. The predicted octanol–water partition coefficient (Wildman–Crippen LogP) is 1.41. The Morgan fingerprint density at radius 3 is 2.80 bits per heavy atom. The number of ether oxygens (including phenoxy) is 1. The largest absolute Gasteiger partial charge is 0.466 e. The number of hydrogen-bond donors (Lipinski definition) is 1. The normalized spacial score (nSPS) is 29.4. The highest BCUT2D eigenvalue weighted by molar-refractivity contribution is 5.75. The number of likely N-dealkylation sites (tertiary alicyclic amines) is 1. The molecular weight excluding hydrogens is 252 g/mol. The first-order valence-electron chi connectivity index (χ1n) is 7.41. The molecule has 1 N–H and O–H groups in total. The summed E-state index contributed by atoms with van der Waals surface area (Å²) >= 11 is 0. The topological polar surface area (TPSA) is 41.6 Å².